The Hall–Kier alpha value is -3.04. The Labute approximate surface area is 155 Å². The minimum atomic E-state index is -0.0787. The molecule has 3 aromatic carbocycles. The van der Waals surface area contributed by atoms with Crippen LogP contribution in [0.5, 0.6) is 5.75 Å². The predicted molar refractivity (Wildman–Crippen MR) is 105 cm³/mol. The predicted octanol–water partition coefficient (Wildman–Crippen LogP) is 5.79. The Bertz CT molecular complexity index is 1130. The quantitative estimate of drug-likeness (QED) is 0.463. The van der Waals surface area contributed by atoms with Crippen molar-refractivity contribution in [3.63, 3.8) is 0 Å². The van der Waals surface area contributed by atoms with Gasteiger partial charge in [0.1, 0.15) is 17.1 Å². The summed E-state index contributed by atoms with van der Waals surface area (Å²) in [4.78, 5) is 13.3. The minimum absolute atomic E-state index is 0.0787. The van der Waals surface area contributed by atoms with Crippen molar-refractivity contribution >= 4 is 22.6 Å². The monoisotopic (exact) mass is 362 g/mol. The fraction of sp³-hybridized carbons (Fsp3) is 0.0455. The van der Waals surface area contributed by atoms with Crippen LogP contribution in [0.25, 0.3) is 33.4 Å². The van der Waals surface area contributed by atoms with E-state index >= 15 is 0 Å². The number of rotatable bonds is 3. The van der Waals surface area contributed by atoms with Crippen LogP contribution < -0.4 is 10.2 Å². The van der Waals surface area contributed by atoms with Crippen LogP contribution in [-0.2, 0) is 0 Å². The summed E-state index contributed by atoms with van der Waals surface area (Å²) in [5.41, 5.74) is 2.54. The van der Waals surface area contributed by atoms with Gasteiger partial charge in [-0.05, 0) is 42.0 Å². The lowest BCUT2D eigenvalue weighted by molar-refractivity contribution is 0.414. The van der Waals surface area contributed by atoms with Crippen molar-refractivity contribution < 1.29 is 9.15 Å². The van der Waals surface area contributed by atoms with Gasteiger partial charge in [0, 0.05) is 16.7 Å². The summed E-state index contributed by atoms with van der Waals surface area (Å²) in [7, 11) is 1.58. The minimum Gasteiger partial charge on any atom is -0.497 e. The van der Waals surface area contributed by atoms with Gasteiger partial charge in [0.25, 0.3) is 0 Å². The zero-order chi connectivity index (χ0) is 18.1. The maximum absolute atomic E-state index is 13.3. The number of ether oxygens (including phenoxy) is 1. The van der Waals surface area contributed by atoms with Crippen molar-refractivity contribution in [2.75, 3.05) is 7.11 Å². The van der Waals surface area contributed by atoms with E-state index in [1.165, 1.54) is 0 Å². The van der Waals surface area contributed by atoms with Crippen LogP contribution in [0.2, 0.25) is 5.02 Å². The second-order valence-corrected chi connectivity index (χ2v) is 6.31. The molecule has 0 fully saturated rings. The molecule has 4 rings (SSSR count). The molecule has 0 aliphatic heterocycles. The zero-order valence-electron chi connectivity index (χ0n) is 14.0. The van der Waals surface area contributed by atoms with Crippen LogP contribution >= 0.6 is 11.6 Å². The molecule has 4 heteroatoms. The number of benzene rings is 3. The lowest BCUT2D eigenvalue weighted by Gasteiger charge is -2.11. The van der Waals surface area contributed by atoms with Gasteiger partial charge in [0.15, 0.2) is 0 Å². The Morgan fingerprint density at radius 1 is 0.885 bits per heavy atom. The fourth-order valence-electron chi connectivity index (χ4n) is 2.97. The van der Waals surface area contributed by atoms with E-state index in [-0.39, 0.29) is 5.43 Å². The molecule has 0 saturated carbocycles. The van der Waals surface area contributed by atoms with Crippen LogP contribution in [0.3, 0.4) is 0 Å². The first-order valence-electron chi connectivity index (χ1n) is 8.13. The summed E-state index contributed by atoms with van der Waals surface area (Å²) in [5.74, 6) is 1.15. The normalized spacial score (nSPS) is 10.8. The molecule has 1 aromatic heterocycles. The smallest absolute Gasteiger partial charge is 0.201 e. The first-order chi connectivity index (χ1) is 12.7. The number of halogens is 1. The second kappa shape index (κ2) is 6.70. The largest absolute Gasteiger partial charge is 0.497 e. The molecular formula is C22H15ClO3. The van der Waals surface area contributed by atoms with Crippen LogP contribution in [0, 0.1) is 0 Å². The number of fused-ring (bicyclic) bond motifs is 1. The lowest BCUT2D eigenvalue weighted by atomic mass is 9.98. The fourth-order valence-corrected chi connectivity index (χ4v) is 3.10. The van der Waals surface area contributed by atoms with Gasteiger partial charge in [-0.3, -0.25) is 4.79 Å². The van der Waals surface area contributed by atoms with Gasteiger partial charge < -0.3 is 9.15 Å². The van der Waals surface area contributed by atoms with Gasteiger partial charge >= 0.3 is 0 Å². The molecule has 0 N–H and O–H groups in total. The summed E-state index contributed by atoms with van der Waals surface area (Å²) < 4.78 is 11.4. The van der Waals surface area contributed by atoms with Crippen molar-refractivity contribution in [3.05, 3.63) is 88.0 Å². The zero-order valence-corrected chi connectivity index (χ0v) is 14.8. The standard InChI is InChI=1S/C22H15ClO3/c1-25-17-11-12-18-19(13-17)26-22(15-7-9-16(23)10-8-15)20(21(18)24)14-5-3-2-4-6-14/h2-13H,1H3. The van der Waals surface area contributed by atoms with Crippen LogP contribution in [0.1, 0.15) is 0 Å². The summed E-state index contributed by atoms with van der Waals surface area (Å²) in [6.45, 7) is 0. The molecule has 128 valence electrons. The van der Waals surface area contributed by atoms with Gasteiger partial charge in [0.05, 0.1) is 18.1 Å². The van der Waals surface area contributed by atoms with Gasteiger partial charge in [-0.2, -0.15) is 0 Å². The molecular weight excluding hydrogens is 348 g/mol. The van der Waals surface area contributed by atoms with E-state index < -0.39 is 0 Å². The first-order valence-corrected chi connectivity index (χ1v) is 8.51. The van der Waals surface area contributed by atoms with E-state index in [1.807, 2.05) is 42.5 Å². The van der Waals surface area contributed by atoms with Crippen molar-refractivity contribution in [2.24, 2.45) is 0 Å². The summed E-state index contributed by atoms with van der Waals surface area (Å²) in [5, 5.41) is 1.14. The number of methoxy groups -OCH3 is 1. The Kier molecular flexibility index (Phi) is 4.23. The average molecular weight is 363 g/mol. The average Bonchev–Trinajstić information content (AvgIpc) is 2.68. The topological polar surface area (TPSA) is 39.4 Å². The summed E-state index contributed by atoms with van der Waals surface area (Å²) in [6, 6.07) is 22.0. The molecule has 3 nitrogen and oxygen atoms in total. The van der Waals surface area contributed by atoms with Crippen molar-refractivity contribution in [1.82, 2.24) is 0 Å². The molecule has 0 saturated heterocycles. The van der Waals surface area contributed by atoms with Gasteiger partial charge in [-0.15, -0.1) is 0 Å². The number of hydrogen-bond donors (Lipinski definition) is 0. The third kappa shape index (κ3) is 2.87. The van der Waals surface area contributed by atoms with Gasteiger partial charge in [-0.25, -0.2) is 0 Å². The Morgan fingerprint density at radius 2 is 1.62 bits per heavy atom. The third-order valence-electron chi connectivity index (χ3n) is 4.27. The highest BCUT2D eigenvalue weighted by Crippen LogP contribution is 2.34. The van der Waals surface area contributed by atoms with E-state index in [1.54, 1.807) is 37.4 Å². The molecule has 0 atom stereocenters. The number of hydrogen-bond acceptors (Lipinski definition) is 3. The van der Waals surface area contributed by atoms with E-state index in [4.69, 9.17) is 20.8 Å². The Morgan fingerprint density at radius 3 is 2.31 bits per heavy atom. The maximum atomic E-state index is 13.3. The van der Waals surface area contributed by atoms with E-state index in [9.17, 15) is 4.79 Å². The third-order valence-corrected chi connectivity index (χ3v) is 4.52. The molecule has 0 aliphatic carbocycles. The SMILES string of the molecule is COc1ccc2c(=O)c(-c3ccccc3)c(-c3ccc(Cl)cc3)oc2c1. The first kappa shape index (κ1) is 16.4. The molecule has 0 bridgehead atoms. The van der Waals surface area contributed by atoms with Crippen LogP contribution in [0.4, 0.5) is 0 Å². The maximum Gasteiger partial charge on any atom is 0.201 e. The van der Waals surface area contributed by atoms with E-state index in [0.717, 1.165) is 11.1 Å². The van der Waals surface area contributed by atoms with Crippen molar-refractivity contribution in [2.45, 2.75) is 0 Å². The molecule has 0 radical (unpaired) electrons. The molecule has 1 heterocycles. The molecule has 4 aromatic rings. The van der Waals surface area contributed by atoms with Crippen LogP contribution in [-0.4, -0.2) is 7.11 Å². The molecule has 0 aliphatic rings. The molecule has 0 unspecified atom stereocenters. The van der Waals surface area contributed by atoms with Gasteiger partial charge in [-0.1, -0.05) is 41.9 Å². The van der Waals surface area contributed by atoms with Crippen LogP contribution in [0.15, 0.2) is 82.0 Å². The highest BCUT2D eigenvalue weighted by atomic mass is 35.5. The van der Waals surface area contributed by atoms with Crippen molar-refractivity contribution in [3.8, 4) is 28.2 Å². The second-order valence-electron chi connectivity index (χ2n) is 5.87. The molecule has 26 heavy (non-hydrogen) atoms. The summed E-state index contributed by atoms with van der Waals surface area (Å²) >= 11 is 6.01. The Balaban J connectivity index is 2.09. The van der Waals surface area contributed by atoms with Gasteiger partial charge in [0.2, 0.25) is 5.43 Å². The van der Waals surface area contributed by atoms with Crippen molar-refractivity contribution in [1.29, 1.82) is 0 Å². The van der Waals surface area contributed by atoms with E-state index in [2.05, 4.69) is 0 Å². The highest BCUT2D eigenvalue weighted by Gasteiger charge is 2.18. The molecule has 0 amide bonds. The summed E-state index contributed by atoms with van der Waals surface area (Å²) in [6.07, 6.45) is 0. The lowest BCUT2D eigenvalue weighted by Crippen LogP contribution is -2.07. The van der Waals surface area contributed by atoms with E-state index in [0.29, 0.717) is 33.1 Å². The highest BCUT2D eigenvalue weighted by molar-refractivity contribution is 6.30. The molecule has 0 spiro atoms.